The van der Waals surface area contributed by atoms with Crippen molar-refractivity contribution in [3.8, 4) is 0 Å². The van der Waals surface area contributed by atoms with Gasteiger partial charge in [0.25, 0.3) is 5.56 Å². The molecule has 2 rings (SSSR count). The molecule has 15 heavy (non-hydrogen) atoms. The van der Waals surface area contributed by atoms with Crippen LogP contribution in [0.3, 0.4) is 0 Å². The minimum Gasteiger partial charge on any atom is -0.309 e. The molecule has 1 saturated heterocycles. The molecule has 2 atom stereocenters. The first-order chi connectivity index (χ1) is 7.18. The number of nitrogens with one attached hydrogen (secondary N) is 1. The number of aromatic nitrogens is 2. The van der Waals surface area contributed by atoms with Crippen LogP contribution in [-0.2, 0) is 0 Å². The number of hydrogen-bond acceptors (Lipinski definition) is 4. The van der Waals surface area contributed by atoms with Gasteiger partial charge in [0.15, 0.2) is 0 Å². The molecule has 1 aromatic rings. The number of H-pyrrole nitrogens is 1. The molecule has 1 aliphatic rings. The third-order valence-corrected chi connectivity index (χ3v) is 5.90. The summed E-state index contributed by atoms with van der Waals surface area (Å²) in [5.74, 6) is 3.11. The standard InChI is InChI=1S/C9H11BrN2OS2/c1-5-7(15-3-2-14-5)8-11-4-6(10)9(13)12-8/h4-5,7H,2-3H2,1H3,(H,11,12,13). The Labute approximate surface area is 105 Å². The monoisotopic (exact) mass is 306 g/mol. The molecule has 0 saturated carbocycles. The summed E-state index contributed by atoms with van der Waals surface area (Å²) in [6.45, 7) is 2.18. The number of thioether (sulfide) groups is 2. The van der Waals surface area contributed by atoms with Crippen molar-refractivity contribution >= 4 is 39.5 Å². The molecule has 6 heteroatoms. The van der Waals surface area contributed by atoms with Gasteiger partial charge in [0.2, 0.25) is 0 Å². The molecule has 82 valence electrons. The molecule has 0 aromatic carbocycles. The maximum Gasteiger partial charge on any atom is 0.265 e. The van der Waals surface area contributed by atoms with Gasteiger partial charge in [0.1, 0.15) is 10.3 Å². The van der Waals surface area contributed by atoms with E-state index in [0.29, 0.717) is 15.0 Å². The summed E-state index contributed by atoms with van der Waals surface area (Å²) in [6.07, 6.45) is 1.58. The third kappa shape index (κ3) is 2.60. The molecule has 1 aliphatic heterocycles. The summed E-state index contributed by atoms with van der Waals surface area (Å²) in [5, 5.41) is 0.817. The van der Waals surface area contributed by atoms with Crippen LogP contribution in [0.5, 0.6) is 0 Å². The van der Waals surface area contributed by atoms with Crippen molar-refractivity contribution in [1.82, 2.24) is 9.97 Å². The van der Waals surface area contributed by atoms with E-state index >= 15 is 0 Å². The van der Waals surface area contributed by atoms with Gasteiger partial charge in [-0.1, -0.05) is 6.92 Å². The van der Waals surface area contributed by atoms with Crippen LogP contribution in [0.2, 0.25) is 0 Å². The molecule has 3 nitrogen and oxygen atoms in total. The number of rotatable bonds is 1. The Morgan fingerprint density at radius 3 is 2.93 bits per heavy atom. The molecule has 0 bridgehead atoms. The molecule has 0 amide bonds. The van der Waals surface area contributed by atoms with Crippen molar-refractivity contribution < 1.29 is 0 Å². The maximum absolute atomic E-state index is 11.4. The fraction of sp³-hybridized carbons (Fsp3) is 0.556. The van der Waals surface area contributed by atoms with Crippen molar-refractivity contribution in [2.75, 3.05) is 11.5 Å². The average Bonchev–Trinajstić information content (AvgIpc) is 2.23. The third-order valence-electron chi connectivity index (χ3n) is 2.23. The van der Waals surface area contributed by atoms with Gasteiger partial charge in [0, 0.05) is 23.0 Å². The lowest BCUT2D eigenvalue weighted by Crippen LogP contribution is -2.21. The predicted octanol–water partition coefficient (Wildman–Crippen LogP) is 2.44. The zero-order valence-electron chi connectivity index (χ0n) is 8.20. The highest BCUT2D eigenvalue weighted by molar-refractivity contribution is 9.10. The van der Waals surface area contributed by atoms with E-state index in [4.69, 9.17) is 0 Å². The summed E-state index contributed by atoms with van der Waals surface area (Å²) in [5.41, 5.74) is -0.0941. The minimum atomic E-state index is -0.0941. The maximum atomic E-state index is 11.4. The highest BCUT2D eigenvalue weighted by atomic mass is 79.9. The van der Waals surface area contributed by atoms with Crippen LogP contribution in [0.15, 0.2) is 15.5 Å². The van der Waals surface area contributed by atoms with Gasteiger partial charge in [-0.05, 0) is 15.9 Å². The summed E-state index contributed by atoms with van der Waals surface area (Å²) in [4.78, 5) is 18.5. The van der Waals surface area contributed by atoms with E-state index < -0.39 is 0 Å². The van der Waals surface area contributed by atoms with Gasteiger partial charge in [0.05, 0.1) is 5.25 Å². The van der Waals surface area contributed by atoms with Gasteiger partial charge in [-0.2, -0.15) is 11.8 Å². The smallest absolute Gasteiger partial charge is 0.265 e. The van der Waals surface area contributed by atoms with E-state index in [1.807, 2.05) is 23.5 Å². The zero-order valence-corrected chi connectivity index (χ0v) is 11.4. The van der Waals surface area contributed by atoms with Crippen molar-refractivity contribution in [3.63, 3.8) is 0 Å². The van der Waals surface area contributed by atoms with Gasteiger partial charge in [-0.25, -0.2) is 4.98 Å². The highest BCUT2D eigenvalue weighted by Gasteiger charge is 2.26. The van der Waals surface area contributed by atoms with Crippen molar-refractivity contribution in [2.45, 2.75) is 17.4 Å². The normalized spacial score (nSPS) is 26.5. The van der Waals surface area contributed by atoms with E-state index in [1.165, 1.54) is 5.75 Å². The Balaban J connectivity index is 2.28. The average molecular weight is 307 g/mol. The topological polar surface area (TPSA) is 45.8 Å². The van der Waals surface area contributed by atoms with Crippen LogP contribution < -0.4 is 5.56 Å². The van der Waals surface area contributed by atoms with E-state index in [0.717, 1.165) is 11.6 Å². The Bertz CT molecular complexity index is 409. The highest BCUT2D eigenvalue weighted by Crippen LogP contribution is 2.40. The lowest BCUT2D eigenvalue weighted by molar-refractivity contribution is 0.811. The molecule has 2 unspecified atom stereocenters. The molecular formula is C9H11BrN2OS2. The lowest BCUT2D eigenvalue weighted by Gasteiger charge is -2.26. The Hall–Kier alpha value is 0.0600. The van der Waals surface area contributed by atoms with Crippen molar-refractivity contribution in [1.29, 1.82) is 0 Å². The van der Waals surface area contributed by atoms with Crippen LogP contribution in [0.1, 0.15) is 18.0 Å². The first-order valence-corrected chi connectivity index (χ1v) is 7.55. The Morgan fingerprint density at radius 2 is 2.27 bits per heavy atom. The van der Waals surface area contributed by atoms with Crippen LogP contribution in [0.25, 0.3) is 0 Å². The van der Waals surface area contributed by atoms with E-state index in [9.17, 15) is 4.79 Å². The fourth-order valence-electron chi connectivity index (χ4n) is 1.47. The van der Waals surface area contributed by atoms with Gasteiger partial charge in [-0.15, -0.1) is 11.8 Å². The first kappa shape index (κ1) is 11.5. The first-order valence-electron chi connectivity index (χ1n) is 4.66. The number of halogens is 1. The molecule has 1 aromatic heterocycles. The molecule has 1 fully saturated rings. The fourth-order valence-corrected chi connectivity index (χ4v) is 4.39. The molecule has 0 aliphatic carbocycles. The van der Waals surface area contributed by atoms with Crippen LogP contribution >= 0.6 is 39.5 Å². The predicted molar refractivity (Wildman–Crippen MR) is 69.7 cm³/mol. The second kappa shape index (κ2) is 4.93. The molecule has 2 heterocycles. The largest absolute Gasteiger partial charge is 0.309 e. The zero-order chi connectivity index (χ0) is 10.8. The summed E-state index contributed by atoms with van der Waals surface area (Å²) in [7, 11) is 0. The minimum absolute atomic E-state index is 0.0941. The SMILES string of the molecule is CC1SCCSC1c1ncc(Br)c(=O)[nH]1. The van der Waals surface area contributed by atoms with Crippen LogP contribution in [0.4, 0.5) is 0 Å². The molecule has 1 N–H and O–H groups in total. The Morgan fingerprint density at radius 1 is 1.53 bits per heavy atom. The number of aromatic amines is 1. The number of hydrogen-bond donors (Lipinski definition) is 1. The quantitative estimate of drug-likeness (QED) is 0.865. The van der Waals surface area contributed by atoms with Crippen LogP contribution in [0, 0.1) is 0 Å². The summed E-state index contributed by atoms with van der Waals surface area (Å²) >= 11 is 6.96. The van der Waals surface area contributed by atoms with E-state index in [2.05, 4.69) is 32.8 Å². The van der Waals surface area contributed by atoms with Gasteiger partial charge >= 0.3 is 0 Å². The second-order valence-corrected chi connectivity index (χ2v) is 6.90. The van der Waals surface area contributed by atoms with E-state index in [1.54, 1.807) is 6.20 Å². The van der Waals surface area contributed by atoms with E-state index in [-0.39, 0.29) is 5.56 Å². The lowest BCUT2D eigenvalue weighted by atomic mass is 10.3. The molecule has 0 radical (unpaired) electrons. The number of nitrogens with zero attached hydrogens (tertiary/aromatic N) is 1. The van der Waals surface area contributed by atoms with Gasteiger partial charge in [-0.3, -0.25) is 4.79 Å². The molecular weight excluding hydrogens is 296 g/mol. The summed E-state index contributed by atoms with van der Waals surface area (Å²) in [6, 6.07) is 0. The van der Waals surface area contributed by atoms with Gasteiger partial charge < -0.3 is 4.98 Å². The van der Waals surface area contributed by atoms with Crippen LogP contribution in [-0.4, -0.2) is 26.7 Å². The van der Waals surface area contributed by atoms with Crippen molar-refractivity contribution in [2.24, 2.45) is 0 Å². The van der Waals surface area contributed by atoms with Crippen molar-refractivity contribution in [3.05, 3.63) is 26.8 Å². The summed E-state index contributed by atoms with van der Waals surface area (Å²) < 4.78 is 0.493. The second-order valence-electron chi connectivity index (χ2n) is 3.31. The molecule has 0 spiro atoms. The Kier molecular flexibility index (Phi) is 3.79.